The van der Waals surface area contributed by atoms with E-state index in [0.29, 0.717) is 6.04 Å². The van der Waals surface area contributed by atoms with Crippen LogP contribution in [0.4, 0.5) is 0 Å². The van der Waals surface area contributed by atoms with Gasteiger partial charge >= 0.3 is 0 Å². The molecule has 1 aliphatic rings. The van der Waals surface area contributed by atoms with E-state index < -0.39 is 0 Å². The van der Waals surface area contributed by atoms with E-state index in [1.165, 1.54) is 18.4 Å². The predicted molar refractivity (Wildman–Crippen MR) is 77.6 cm³/mol. The SMILES string of the molecule is Cc1ccccc1OCCN1CCCC1CC(C)O. The minimum absolute atomic E-state index is 0.206. The lowest BCUT2D eigenvalue weighted by Gasteiger charge is -2.25. The molecule has 0 saturated carbocycles. The van der Waals surface area contributed by atoms with Gasteiger partial charge in [-0.05, 0) is 51.3 Å². The molecule has 106 valence electrons. The molecule has 0 aliphatic carbocycles. The molecular weight excluding hydrogens is 238 g/mol. The lowest BCUT2D eigenvalue weighted by molar-refractivity contribution is 0.124. The quantitative estimate of drug-likeness (QED) is 0.856. The molecule has 0 spiro atoms. The molecule has 1 heterocycles. The zero-order valence-electron chi connectivity index (χ0n) is 12.0. The number of ether oxygens (including phenoxy) is 1. The second kappa shape index (κ2) is 6.92. The summed E-state index contributed by atoms with van der Waals surface area (Å²) in [7, 11) is 0. The summed E-state index contributed by atoms with van der Waals surface area (Å²) in [5, 5.41) is 9.51. The fourth-order valence-corrected chi connectivity index (χ4v) is 2.84. The Morgan fingerprint density at radius 1 is 1.42 bits per heavy atom. The van der Waals surface area contributed by atoms with Crippen molar-refractivity contribution in [2.45, 2.75) is 45.3 Å². The van der Waals surface area contributed by atoms with Crippen LogP contribution in [0, 0.1) is 6.92 Å². The highest BCUT2D eigenvalue weighted by Gasteiger charge is 2.25. The van der Waals surface area contributed by atoms with E-state index in [4.69, 9.17) is 4.74 Å². The van der Waals surface area contributed by atoms with Gasteiger partial charge < -0.3 is 9.84 Å². The molecule has 1 aromatic carbocycles. The molecule has 0 bridgehead atoms. The molecule has 1 aromatic rings. The second-order valence-electron chi connectivity index (χ2n) is 5.53. The largest absolute Gasteiger partial charge is 0.492 e. The fraction of sp³-hybridized carbons (Fsp3) is 0.625. The first-order valence-electron chi connectivity index (χ1n) is 7.27. The lowest BCUT2D eigenvalue weighted by atomic mass is 10.1. The molecule has 0 radical (unpaired) electrons. The van der Waals surface area contributed by atoms with Crippen molar-refractivity contribution in [1.29, 1.82) is 0 Å². The fourth-order valence-electron chi connectivity index (χ4n) is 2.84. The van der Waals surface area contributed by atoms with Crippen molar-refractivity contribution >= 4 is 0 Å². The van der Waals surface area contributed by atoms with E-state index in [1.54, 1.807) is 0 Å². The van der Waals surface area contributed by atoms with Crippen LogP contribution >= 0.6 is 0 Å². The maximum Gasteiger partial charge on any atom is 0.122 e. The van der Waals surface area contributed by atoms with Crippen molar-refractivity contribution in [1.82, 2.24) is 4.90 Å². The summed E-state index contributed by atoms with van der Waals surface area (Å²) in [6, 6.07) is 8.66. The molecule has 2 rings (SSSR count). The molecule has 0 aromatic heterocycles. The Kier molecular flexibility index (Phi) is 5.23. The first-order chi connectivity index (χ1) is 9.16. The standard InChI is InChI=1S/C16H25NO2/c1-13-6-3-4-8-16(13)19-11-10-17-9-5-7-15(17)12-14(2)18/h3-4,6,8,14-15,18H,5,7,9-12H2,1-2H3. The first kappa shape index (κ1) is 14.4. The summed E-state index contributed by atoms with van der Waals surface area (Å²) in [6.07, 6.45) is 3.12. The monoisotopic (exact) mass is 263 g/mol. The number of aryl methyl sites for hydroxylation is 1. The number of rotatable bonds is 6. The van der Waals surface area contributed by atoms with Crippen LogP contribution in [-0.2, 0) is 0 Å². The van der Waals surface area contributed by atoms with Gasteiger partial charge in [-0.3, -0.25) is 4.90 Å². The summed E-state index contributed by atoms with van der Waals surface area (Å²) < 4.78 is 5.85. The van der Waals surface area contributed by atoms with Crippen molar-refractivity contribution < 1.29 is 9.84 Å². The maximum absolute atomic E-state index is 9.51. The normalized spacial score (nSPS) is 21.5. The molecule has 1 aliphatic heterocycles. The van der Waals surface area contributed by atoms with E-state index in [0.717, 1.165) is 31.9 Å². The highest BCUT2D eigenvalue weighted by Crippen LogP contribution is 2.21. The average molecular weight is 263 g/mol. The number of aliphatic hydroxyl groups is 1. The summed E-state index contributed by atoms with van der Waals surface area (Å²) in [6.45, 7) is 6.75. The summed E-state index contributed by atoms with van der Waals surface area (Å²) in [4.78, 5) is 2.45. The van der Waals surface area contributed by atoms with Crippen molar-refractivity contribution in [3.05, 3.63) is 29.8 Å². The van der Waals surface area contributed by atoms with Gasteiger partial charge in [-0.25, -0.2) is 0 Å². The lowest BCUT2D eigenvalue weighted by Crippen LogP contribution is -2.35. The summed E-state index contributed by atoms with van der Waals surface area (Å²) >= 11 is 0. The Morgan fingerprint density at radius 3 is 2.95 bits per heavy atom. The third-order valence-electron chi connectivity index (χ3n) is 3.84. The summed E-state index contributed by atoms with van der Waals surface area (Å²) in [5.41, 5.74) is 1.18. The Labute approximate surface area is 116 Å². The van der Waals surface area contributed by atoms with Crippen LogP contribution < -0.4 is 4.74 Å². The number of likely N-dealkylation sites (tertiary alicyclic amines) is 1. The van der Waals surface area contributed by atoms with Crippen LogP contribution in [0.15, 0.2) is 24.3 Å². The third-order valence-corrected chi connectivity index (χ3v) is 3.84. The zero-order valence-corrected chi connectivity index (χ0v) is 12.0. The highest BCUT2D eigenvalue weighted by molar-refractivity contribution is 5.31. The van der Waals surface area contributed by atoms with Crippen molar-refractivity contribution in [2.24, 2.45) is 0 Å². The van der Waals surface area contributed by atoms with Crippen molar-refractivity contribution in [2.75, 3.05) is 19.7 Å². The minimum atomic E-state index is -0.206. The van der Waals surface area contributed by atoms with Crippen LogP contribution in [-0.4, -0.2) is 41.8 Å². The van der Waals surface area contributed by atoms with E-state index in [1.807, 2.05) is 25.1 Å². The van der Waals surface area contributed by atoms with Gasteiger partial charge in [0.1, 0.15) is 12.4 Å². The van der Waals surface area contributed by atoms with Gasteiger partial charge in [-0.2, -0.15) is 0 Å². The van der Waals surface area contributed by atoms with Crippen LogP contribution in [0.2, 0.25) is 0 Å². The predicted octanol–water partition coefficient (Wildman–Crippen LogP) is 2.61. The van der Waals surface area contributed by atoms with Crippen LogP contribution in [0.3, 0.4) is 0 Å². The Hall–Kier alpha value is -1.06. The maximum atomic E-state index is 9.51. The number of nitrogens with zero attached hydrogens (tertiary/aromatic N) is 1. The molecule has 0 amide bonds. The van der Waals surface area contributed by atoms with Gasteiger partial charge in [0, 0.05) is 12.6 Å². The van der Waals surface area contributed by atoms with Gasteiger partial charge in [0.15, 0.2) is 0 Å². The molecule has 1 saturated heterocycles. The Balaban J connectivity index is 1.77. The Morgan fingerprint density at radius 2 is 2.21 bits per heavy atom. The van der Waals surface area contributed by atoms with Gasteiger partial charge in [0.25, 0.3) is 0 Å². The smallest absolute Gasteiger partial charge is 0.122 e. The summed E-state index contributed by atoms with van der Waals surface area (Å²) in [5.74, 6) is 0.980. The molecular formula is C16H25NO2. The van der Waals surface area contributed by atoms with E-state index >= 15 is 0 Å². The van der Waals surface area contributed by atoms with Crippen LogP contribution in [0.1, 0.15) is 31.7 Å². The van der Waals surface area contributed by atoms with E-state index in [-0.39, 0.29) is 6.10 Å². The van der Waals surface area contributed by atoms with Gasteiger partial charge in [0.2, 0.25) is 0 Å². The van der Waals surface area contributed by atoms with Crippen LogP contribution in [0.25, 0.3) is 0 Å². The molecule has 3 heteroatoms. The second-order valence-corrected chi connectivity index (χ2v) is 5.53. The topological polar surface area (TPSA) is 32.7 Å². The van der Waals surface area contributed by atoms with E-state index in [2.05, 4.69) is 17.9 Å². The Bertz CT molecular complexity index is 392. The molecule has 19 heavy (non-hydrogen) atoms. The molecule has 3 nitrogen and oxygen atoms in total. The number of benzene rings is 1. The van der Waals surface area contributed by atoms with E-state index in [9.17, 15) is 5.11 Å². The average Bonchev–Trinajstić information content (AvgIpc) is 2.78. The third kappa shape index (κ3) is 4.22. The molecule has 2 unspecified atom stereocenters. The molecule has 1 N–H and O–H groups in total. The van der Waals surface area contributed by atoms with Crippen molar-refractivity contribution in [3.8, 4) is 5.75 Å². The first-order valence-corrected chi connectivity index (χ1v) is 7.27. The molecule has 2 atom stereocenters. The van der Waals surface area contributed by atoms with Crippen LogP contribution in [0.5, 0.6) is 5.75 Å². The van der Waals surface area contributed by atoms with Gasteiger partial charge in [0.05, 0.1) is 6.10 Å². The molecule has 1 fully saturated rings. The number of para-hydroxylation sites is 1. The number of aliphatic hydroxyl groups excluding tert-OH is 1. The van der Waals surface area contributed by atoms with Crippen molar-refractivity contribution in [3.63, 3.8) is 0 Å². The highest BCUT2D eigenvalue weighted by atomic mass is 16.5. The number of hydrogen-bond donors (Lipinski definition) is 1. The van der Waals surface area contributed by atoms with Gasteiger partial charge in [-0.15, -0.1) is 0 Å². The zero-order chi connectivity index (χ0) is 13.7. The minimum Gasteiger partial charge on any atom is -0.492 e. The van der Waals surface area contributed by atoms with Gasteiger partial charge in [-0.1, -0.05) is 18.2 Å². The number of hydrogen-bond acceptors (Lipinski definition) is 3.